The smallest absolute Gasteiger partial charge is 0.228 e. The quantitative estimate of drug-likeness (QED) is 0.667. The van der Waals surface area contributed by atoms with E-state index in [1.807, 2.05) is 18.2 Å². The first-order chi connectivity index (χ1) is 11.8. The van der Waals surface area contributed by atoms with E-state index < -0.39 is 4.84 Å². The van der Waals surface area contributed by atoms with Gasteiger partial charge in [-0.25, -0.2) is 0 Å². The second-order valence-electron chi connectivity index (χ2n) is 6.86. The highest BCUT2D eigenvalue weighted by atomic mass is 35.5. The van der Waals surface area contributed by atoms with Crippen LogP contribution in [0.25, 0.3) is 0 Å². The average Bonchev–Trinajstić information content (AvgIpc) is 2.87. The van der Waals surface area contributed by atoms with Gasteiger partial charge in [0.2, 0.25) is 5.91 Å². The predicted molar refractivity (Wildman–Crippen MR) is 104 cm³/mol. The van der Waals surface area contributed by atoms with Crippen LogP contribution in [0.5, 0.6) is 0 Å². The number of anilines is 1. The molecule has 1 aromatic carbocycles. The molecule has 0 fully saturated rings. The zero-order valence-corrected chi connectivity index (χ0v) is 16.6. The molecule has 0 radical (unpaired) electrons. The molecule has 1 amide bonds. The molecule has 1 atom stereocenters. The summed E-state index contributed by atoms with van der Waals surface area (Å²) in [6.07, 6.45) is 3.03. The van der Waals surface area contributed by atoms with E-state index in [1.54, 1.807) is 17.9 Å². The Balaban J connectivity index is 2.14. The Hall–Kier alpha value is -1.52. The van der Waals surface area contributed by atoms with Gasteiger partial charge in [-0.2, -0.15) is 5.10 Å². The number of hydrogen-bond acceptors (Lipinski definition) is 2. The minimum atomic E-state index is -0.748. The molecule has 1 heterocycles. The highest BCUT2D eigenvalue weighted by Crippen LogP contribution is 2.30. The number of nitrogens with zero attached hydrogens (tertiary/aromatic N) is 2. The highest BCUT2D eigenvalue weighted by molar-refractivity contribution is 6.44. The molecule has 0 spiro atoms. The number of para-hydroxylation sites is 1. The maximum Gasteiger partial charge on any atom is 0.228 e. The summed E-state index contributed by atoms with van der Waals surface area (Å²) in [5.41, 5.74) is 3.29. The van der Waals surface area contributed by atoms with E-state index in [2.05, 4.69) is 37.3 Å². The van der Waals surface area contributed by atoms with E-state index in [1.165, 1.54) is 0 Å². The fourth-order valence-electron chi connectivity index (χ4n) is 3.12. The molecular formula is C19H25Cl2N3O. The first-order valence-electron chi connectivity index (χ1n) is 8.47. The molecule has 1 aromatic heterocycles. The van der Waals surface area contributed by atoms with Gasteiger partial charge in [0.25, 0.3) is 0 Å². The highest BCUT2D eigenvalue weighted by Gasteiger charge is 2.18. The van der Waals surface area contributed by atoms with Crippen molar-refractivity contribution in [1.82, 2.24) is 9.78 Å². The number of amides is 1. The SMILES string of the molecule is CC(C)CC(C)c1ccccc1NC(=O)Cc1cn(C)nc1C(Cl)Cl. The Morgan fingerprint density at radius 3 is 2.56 bits per heavy atom. The van der Waals surface area contributed by atoms with Crippen LogP contribution in [0, 0.1) is 5.92 Å². The molecule has 6 heteroatoms. The van der Waals surface area contributed by atoms with Gasteiger partial charge in [0, 0.05) is 24.5 Å². The summed E-state index contributed by atoms with van der Waals surface area (Å²) in [6.45, 7) is 6.60. The van der Waals surface area contributed by atoms with Crippen LogP contribution in [0.1, 0.15) is 54.8 Å². The van der Waals surface area contributed by atoms with Crippen molar-refractivity contribution in [1.29, 1.82) is 0 Å². The Bertz CT molecular complexity index is 725. The van der Waals surface area contributed by atoms with Crippen LogP contribution in [-0.2, 0) is 18.3 Å². The number of aryl methyl sites for hydroxylation is 1. The van der Waals surface area contributed by atoms with Gasteiger partial charge in [0.15, 0.2) is 4.84 Å². The van der Waals surface area contributed by atoms with E-state index >= 15 is 0 Å². The standard InChI is InChI=1S/C19H25Cl2N3O/c1-12(2)9-13(3)15-7-5-6-8-16(15)22-17(25)10-14-11-24(4)23-18(14)19(20)21/h5-8,11-13,19H,9-10H2,1-4H3,(H,22,25). The lowest BCUT2D eigenvalue weighted by atomic mass is 9.91. The number of carbonyl (C=O) groups is 1. The number of benzene rings is 1. The Kier molecular flexibility index (Phi) is 6.91. The van der Waals surface area contributed by atoms with Gasteiger partial charge < -0.3 is 5.32 Å². The van der Waals surface area contributed by atoms with Gasteiger partial charge in [-0.05, 0) is 29.9 Å². The summed E-state index contributed by atoms with van der Waals surface area (Å²) < 4.78 is 1.62. The van der Waals surface area contributed by atoms with Crippen molar-refractivity contribution in [2.24, 2.45) is 13.0 Å². The normalized spacial score (nSPS) is 12.6. The van der Waals surface area contributed by atoms with Crippen LogP contribution in [0.3, 0.4) is 0 Å². The summed E-state index contributed by atoms with van der Waals surface area (Å²) >= 11 is 11.9. The molecule has 1 N–H and O–H groups in total. The van der Waals surface area contributed by atoms with Crippen LogP contribution in [-0.4, -0.2) is 15.7 Å². The second kappa shape index (κ2) is 8.72. The number of nitrogens with one attached hydrogen (secondary N) is 1. The van der Waals surface area contributed by atoms with Crippen molar-refractivity contribution in [3.05, 3.63) is 47.3 Å². The third-order valence-corrected chi connectivity index (χ3v) is 4.50. The monoisotopic (exact) mass is 381 g/mol. The van der Waals surface area contributed by atoms with Crippen LogP contribution in [0.15, 0.2) is 30.5 Å². The molecule has 0 aliphatic rings. The lowest BCUT2D eigenvalue weighted by molar-refractivity contribution is -0.115. The lowest BCUT2D eigenvalue weighted by Gasteiger charge is -2.18. The molecule has 1 unspecified atom stereocenters. The zero-order chi connectivity index (χ0) is 18.6. The summed E-state index contributed by atoms with van der Waals surface area (Å²) in [5, 5.41) is 7.25. The first kappa shape index (κ1) is 19.8. The molecule has 136 valence electrons. The van der Waals surface area contributed by atoms with E-state index in [-0.39, 0.29) is 12.3 Å². The van der Waals surface area contributed by atoms with E-state index in [0.29, 0.717) is 17.5 Å². The molecular weight excluding hydrogens is 357 g/mol. The van der Waals surface area contributed by atoms with Crippen molar-refractivity contribution in [2.75, 3.05) is 5.32 Å². The van der Waals surface area contributed by atoms with E-state index in [4.69, 9.17) is 23.2 Å². The minimum Gasteiger partial charge on any atom is -0.326 e. The average molecular weight is 382 g/mol. The molecule has 0 saturated carbocycles. The molecule has 4 nitrogen and oxygen atoms in total. The largest absolute Gasteiger partial charge is 0.326 e. The van der Waals surface area contributed by atoms with Gasteiger partial charge in [-0.3, -0.25) is 9.48 Å². The van der Waals surface area contributed by atoms with Crippen molar-refractivity contribution in [3.8, 4) is 0 Å². The van der Waals surface area contributed by atoms with Crippen LogP contribution < -0.4 is 5.32 Å². The number of halogens is 2. The molecule has 0 aliphatic carbocycles. The lowest BCUT2D eigenvalue weighted by Crippen LogP contribution is -2.17. The second-order valence-corrected chi connectivity index (χ2v) is 7.95. The molecule has 2 aromatic rings. The predicted octanol–water partition coefficient (Wildman–Crippen LogP) is 5.23. The van der Waals surface area contributed by atoms with Crippen molar-refractivity contribution in [3.63, 3.8) is 0 Å². The third kappa shape index (κ3) is 5.48. The van der Waals surface area contributed by atoms with E-state index in [9.17, 15) is 4.79 Å². The first-order valence-corrected chi connectivity index (χ1v) is 9.34. The molecule has 0 saturated heterocycles. The van der Waals surface area contributed by atoms with Crippen molar-refractivity contribution < 1.29 is 4.79 Å². The molecule has 0 bridgehead atoms. The van der Waals surface area contributed by atoms with Gasteiger partial charge in [0.05, 0.1) is 12.1 Å². The van der Waals surface area contributed by atoms with Crippen LogP contribution in [0.4, 0.5) is 5.69 Å². The number of hydrogen-bond donors (Lipinski definition) is 1. The van der Waals surface area contributed by atoms with Gasteiger partial charge in [0.1, 0.15) is 0 Å². The fraction of sp³-hybridized carbons (Fsp3) is 0.474. The third-order valence-electron chi connectivity index (χ3n) is 4.09. The maximum atomic E-state index is 12.5. The fourth-order valence-corrected chi connectivity index (χ4v) is 3.48. The molecule has 25 heavy (non-hydrogen) atoms. The number of aromatic nitrogens is 2. The van der Waals surface area contributed by atoms with Gasteiger partial charge >= 0.3 is 0 Å². The maximum absolute atomic E-state index is 12.5. The Morgan fingerprint density at radius 2 is 1.92 bits per heavy atom. The number of rotatable bonds is 7. The zero-order valence-electron chi connectivity index (χ0n) is 15.1. The summed E-state index contributed by atoms with van der Waals surface area (Å²) in [6, 6.07) is 7.96. The van der Waals surface area contributed by atoms with Crippen LogP contribution >= 0.6 is 23.2 Å². The molecule has 2 rings (SSSR count). The van der Waals surface area contributed by atoms with Crippen LogP contribution in [0.2, 0.25) is 0 Å². The Morgan fingerprint density at radius 1 is 1.24 bits per heavy atom. The van der Waals surface area contributed by atoms with E-state index in [0.717, 1.165) is 23.2 Å². The number of carbonyl (C=O) groups excluding carboxylic acids is 1. The van der Waals surface area contributed by atoms with Crippen molar-refractivity contribution in [2.45, 2.75) is 44.4 Å². The molecule has 0 aliphatic heterocycles. The topological polar surface area (TPSA) is 46.9 Å². The summed E-state index contributed by atoms with van der Waals surface area (Å²) in [5.74, 6) is 0.869. The minimum absolute atomic E-state index is 0.104. The van der Waals surface area contributed by atoms with Gasteiger partial charge in [-0.1, -0.05) is 62.2 Å². The van der Waals surface area contributed by atoms with Gasteiger partial charge in [-0.15, -0.1) is 0 Å². The number of alkyl halides is 2. The summed E-state index contributed by atoms with van der Waals surface area (Å²) in [4.78, 5) is 11.8. The van der Waals surface area contributed by atoms with Crippen molar-refractivity contribution >= 4 is 34.8 Å². The summed E-state index contributed by atoms with van der Waals surface area (Å²) in [7, 11) is 1.78. The Labute approximate surface area is 159 Å².